The van der Waals surface area contributed by atoms with E-state index in [4.69, 9.17) is 9.47 Å². The summed E-state index contributed by atoms with van der Waals surface area (Å²) < 4.78 is 12.0. The van der Waals surface area contributed by atoms with Crippen molar-refractivity contribution >= 4 is 18.0 Å². The smallest absolute Gasteiger partial charge is 0.338 e. The maximum Gasteiger partial charge on any atom is 0.338 e. The summed E-state index contributed by atoms with van der Waals surface area (Å²) >= 11 is 0. The molecule has 1 aliphatic heterocycles. The standard InChI is InChI=1S/C24H23N5O5/c1-2-33-23(31)20-19(25-24(32)26-21(20)16-9-5-3-6-10-16)14-29-13-18(27-28-29)15-34-22(30)17-11-7-4-8-12-17/h3-13,21H,2,14-15H2,1H3,(H2,25,26,32). The molecular formula is C24H23N5O5. The molecule has 34 heavy (non-hydrogen) atoms. The van der Waals surface area contributed by atoms with E-state index in [0.29, 0.717) is 17.0 Å². The summed E-state index contributed by atoms with van der Waals surface area (Å²) in [6, 6.07) is 16.6. The first-order chi connectivity index (χ1) is 16.5. The zero-order valence-corrected chi connectivity index (χ0v) is 18.4. The lowest BCUT2D eigenvalue weighted by Gasteiger charge is -2.29. The van der Waals surface area contributed by atoms with Gasteiger partial charge in [-0.1, -0.05) is 53.7 Å². The van der Waals surface area contributed by atoms with Gasteiger partial charge >= 0.3 is 18.0 Å². The topological polar surface area (TPSA) is 124 Å². The fraction of sp³-hybridized carbons (Fsp3) is 0.208. The number of nitrogens with one attached hydrogen (secondary N) is 2. The minimum absolute atomic E-state index is 0.0601. The van der Waals surface area contributed by atoms with E-state index in [0.717, 1.165) is 5.56 Å². The predicted octanol–water partition coefficient (Wildman–Crippen LogP) is 2.51. The Bertz CT molecular complexity index is 1210. The molecule has 0 aliphatic carbocycles. The van der Waals surface area contributed by atoms with E-state index in [-0.39, 0.29) is 25.3 Å². The average Bonchev–Trinajstić information content (AvgIpc) is 3.30. The van der Waals surface area contributed by atoms with Gasteiger partial charge < -0.3 is 20.1 Å². The van der Waals surface area contributed by atoms with Crippen LogP contribution in [-0.4, -0.2) is 39.6 Å². The number of urea groups is 1. The van der Waals surface area contributed by atoms with E-state index < -0.39 is 24.0 Å². The summed E-state index contributed by atoms with van der Waals surface area (Å²) in [7, 11) is 0. The molecule has 0 fully saturated rings. The number of rotatable bonds is 8. The van der Waals surface area contributed by atoms with Crippen LogP contribution in [0.15, 0.2) is 78.1 Å². The highest BCUT2D eigenvalue weighted by molar-refractivity contribution is 5.95. The number of carbonyl (C=O) groups excluding carboxylic acids is 3. The molecule has 10 heteroatoms. The van der Waals surface area contributed by atoms with E-state index in [9.17, 15) is 14.4 Å². The van der Waals surface area contributed by atoms with E-state index >= 15 is 0 Å². The van der Waals surface area contributed by atoms with Crippen LogP contribution >= 0.6 is 0 Å². The van der Waals surface area contributed by atoms with Crippen molar-refractivity contribution in [3.05, 3.63) is 95.0 Å². The van der Waals surface area contributed by atoms with Gasteiger partial charge in [-0.3, -0.25) is 0 Å². The Morgan fingerprint density at radius 1 is 1.00 bits per heavy atom. The second-order valence-electron chi connectivity index (χ2n) is 7.40. The SMILES string of the molecule is CCOC(=O)C1=C(Cn2cc(COC(=O)c3ccccc3)nn2)NC(=O)NC1c1ccccc1. The lowest BCUT2D eigenvalue weighted by atomic mass is 9.95. The molecule has 1 aromatic heterocycles. The number of ether oxygens (including phenoxy) is 2. The highest BCUT2D eigenvalue weighted by Gasteiger charge is 2.33. The van der Waals surface area contributed by atoms with Gasteiger partial charge in [-0.15, -0.1) is 5.10 Å². The summed E-state index contributed by atoms with van der Waals surface area (Å²) in [5, 5.41) is 13.5. The molecule has 0 spiro atoms. The van der Waals surface area contributed by atoms with Crippen molar-refractivity contribution in [2.75, 3.05) is 6.61 Å². The minimum atomic E-state index is -0.682. The number of hydrogen-bond acceptors (Lipinski definition) is 7. The third-order valence-corrected chi connectivity index (χ3v) is 5.05. The zero-order chi connectivity index (χ0) is 23.9. The molecule has 2 heterocycles. The van der Waals surface area contributed by atoms with Gasteiger partial charge in [0.05, 0.1) is 42.2 Å². The van der Waals surface area contributed by atoms with Gasteiger partial charge in [0.25, 0.3) is 0 Å². The molecule has 10 nitrogen and oxygen atoms in total. The molecule has 174 valence electrons. The van der Waals surface area contributed by atoms with Crippen molar-refractivity contribution in [3.63, 3.8) is 0 Å². The number of hydrogen-bond donors (Lipinski definition) is 2. The van der Waals surface area contributed by atoms with Gasteiger partial charge in [0, 0.05) is 0 Å². The molecule has 1 aliphatic rings. The van der Waals surface area contributed by atoms with Crippen LogP contribution in [0.5, 0.6) is 0 Å². The number of amides is 2. The van der Waals surface area contributed by atoms with Crippen LogP contribution in [0, 0.1) is 0 Å². The van der Waals surface area contributed by atoms with Crippen molar-refractivity contribution < 1.29 is 23.9 Å². The number of nitrogens with zero attached hydrogens (tertiary/aromatic N) is 3. The molecule has 2 amide bonds. The van der Waals surface area contributed by atoms with Gasteiger partial charge in [-0.25, -0.2) is 19.1 Å². The normalized spacial score (nSPS) is 15.3. The maximum atomic E-state index is 12.8. The third-order valence-electron chi connectivity index (χ3n) is 5.05. The first-order valence-corrected chi connectivity index (χ1v) is 10.7. The van der Waals surface area contributed by atoms with Crippen LogP contribution < -0.4 is 10.6 Å². The second-order valence-corrected chi connectivity index (χ2v) is 7.40. The molecule has 0 radical (unpaired) electrons. The molecular weight excluding hydrogens is 438 g/mol. The fourth-order valence-corrected chi connectivity index (χ4v) is 3.53. The lowest BCUT2D eigenvalue weighted by Crippen LogP contribution is -2.46. The Morgan fingerprint density at radius 3 is 2.41 bits per heavy atom. The van der Waals surface area contributed by atoms with Gasteiger partial charge in [0.15, 0.2) is 0 Å². The van der Waals surface area contributed by atoms with E-state index in [2.05, 4.69) is 20.9 Å². The van der Waals surface area contributed by atoms with Crippen molar-refractivity contribution in [1.29, 1.82) is 0 Å². The number of benzene rings is 2. The largest absolute Gasteiger partial charge is 0.463 e. The Hall–Kier alpha value is -4.47. The molecule has 2 N–H and O–H groups in total. The van der Waals surface area contributed by atoms with Crippen molar-refractivity contribution in [2.45, 2.75) is 26.1 Å². The predicted molar refractivity (Wildman–Crippen MR) is 120 cm³/mol. The Labute approximate surface area is 195 Å². The quantitative estimate of drug-likeness (QED) is 0.494. The molecule has 2 aromatic carbocycles. The monoisotopic (exact) mass is 461 g/mol. The van der Waals surface area contributed by atoms with Crippen LogP contribution in [-0.2, 0) is 27.4 Å². The van der Waals surface area contributed by atoms with Crippen molar-refractivity contribution in [1.82, 2.24) is 25.6 Å². The number of carbonyl (C=O) groups is 3. The molecule has 0 saturated heterocycles. The van der Waals surface area contributed by atoms with Crippen molar-refractivity contribution in [2.24, 2.45) is 0 Å². The molecule has 4 rings (SSSR count). The summed E-state index contributed by atoms with van der Waals surface area (Å²) in [4.78, 5) is 37.3. The highest BCUT2D eigenvalue weighted by Crippen LogP contribution is 2.28. The number of allylic oxidation sites excluding steroid dienone is 1. The fourth-order valence-electron chi connectivity index (χ4n) is 3.53. The number of esters is 2. The van der Waals surface area contributed by atoms with Crippen LogP contribution in [0.4, 0.5) is 4.79 Å². The molecule has 3 aromatic rings. The molecule has 1 unspecified atom stereocenters. The van der Waals surface area contributed by atoms with Gasteiger partial charge in [-0.2, -0.15) is 0 Å². The van der Waals surface area contributed by atoms with Gasteiger partial charge in [0.2, 0.25) is 0 Å². The van der Waals surface area contributed by atoms with Crippen molar-refractivity contribution in [3.8, 4) is 0 Å². The Kier molecular flexibility index (Phi) is 6.97. The minimum Gasteiger partial charge on any atom is -0.463 e. The van der Waals surface area contributed by atoms with Crippen LogP contribution in [0.25, 0.3) is 0 Å². The van der Waals surface area contributed by atoms with Gasteiger partial charge in [-0.05, 0) is 24.6 Å². The Balaban J connectivity index is 1.54. The van der Waals surface area contributed by atoms with E-state index in [1.807, 2.05) is 36.4 Å². The first kappa shape index (κ1) is 22.7. The van der Waals surface area contributed by atoms with Crippen LogP contribution in [0.2, 0.25) is 0 Å². The van der Waals surface area contributed by atoms with Gasteiger partial charge in [0.1, 0.15) is 12.3 Å². The maximum absolute atomic E-state index is 12.8. The lowest BCUT2D eigenvalue weighted by molar-refractivity contribution is -0.139. The number of aromatic nitrogens is 3. The van der Waals surface area contributed by atoms with E-state index in [1.54, 1.807) is 37.4 Å². The summed E-state index contributed by atoms with van der Waals surface area (Å²) in [5.41, 5.74) is 2.21. The molecule has 0 saturated carbocycles. The zero-order valence-electron chi connectivity index (χ0n) is 18.4. The highest BCUT2D eigenvalue weighted by atomic mass is 16.5. The summed E-state index contributed by atoms with van der Waals surface area (Å²) in [6.07, 6.45) is 1.58. The third kappa shape index (κ3) is 5.29. The molecule has 1 atom stereocenters. The van der Waals surface area contributed by atoms with Crippen LogP contribution in [0.1, 0.15) is 34.6 Å². The van der Waals surface area contributed by atoms with Crippen LogP contribution in [0.3, 0.4) is 0 Å². The summed E-state index contributed by atoms with van der Waals surface area (Å²) in [6.45, 7) is 1.89. The van der Waals surface area contributed by atoms with E-state index in [1.165, 1.54) is 4.68 Å². The first-order valence-electron chi connectivity index (χ1n) is 10.7. The average molecular weight is 461 g/mol. The Morgan fingerprint density at radius 2 is 1.71 bits per heavy atom. The summed E-state index contributed by atoms with van der Waals surface area (Å²) in [5.74, 6) is -1.02. The molecule has 0 bridgehead atoms. The second kappa shape index (κ2) is 10.4.